The van der Waals surface area contributed by atoms with Crippen LogP contribution in [0.2, 0.25) is 0 Å². The Bertz CT molecular complexity index is 2990. The molecule has 0 amide bonds. The summed E-state index contributed by atoms with van der Waals surface area (Å²) in [6, 6.07) is 68.3. The predicted molar refractivity (Wildman–Crippen MR) is 260 cm³/mol. The monoisotopic (exact) mass is 938 g/mol. The first-order chi connectivity index (χ1) is 30.1. The molecule has 0 aliphatic rings. The number of ketones is 1. The standard InChI is InChI=1S/C27H18BrN.C14H11BrO.C13H11NO3/c28-25-11-5-9-21(18-25)20-8-4-10-23(16-20)26-15-13-24-17-22(12-14-27(24)29-26)19-6-2-1-3-7-19;1-10(16)11-4-2-5-12(8-11)13-6-3-7-14(15)9-13;1-17-13-9-11(7-8-12(13)14(15)16)10-5-3-2-4-6-10/h1-18H;2-9H,1H3;2-9H,1H3. The molecule has 6 nitrogen and oxygen atoms in total. The van der Waals surface area contributed by atoms with Crippen LogP contribution in [0.1, 0.15) is 17.3 Å². The van der Waals surface area contributed by atoms with E-state index in [4.69, 9.17) is 9.72 Å². The van der Waals surface area contributed by atoms with Crippen molar-refractivity contribution in [2.24, 2.45) is 0 Å². The number of rotatable bonds is 8. The second-order valence-electron chi connectivity index (χ2n) is 14.2. The van der Waals surface area contributed by atoms with Gasteiger partial charge in [-0.3, -0.25) is 14.9 Å². The van der Waals surface area contributed by atoms with Crippen LogP contribution in [-0.2, 0) is 0 Å². The number of hydrogen-bond donors (Lipinski definition) is 0. The zero-order chi connectivity index (χ0) is 43.4. The number of hydrogen-bond acceptors (Lipinski definition) is 5. The van der Waals surface area contributed by atoms with Crippen LogP contribution >= 0.6 is 31.9 Å². The average Bonchev–Trinajstić information content (AvgIpc) is 3.32. The number of pyridine rings is 1. The zero-order valence-electron chi connectivity index (χ0n) is 33.9. The molecular formula is C54H40Br2N2O4. The van der Waals surface area contributed by atoms with E-state index in [0.717, 1.165) is 58.9 Å². The minimum atomic E-state index is -0.451. The number of carbonyl (C=O) groups is 1. The highest BCUT2D eigenvalue weighted by Crippen LogP contribution is 2.33. The molecule has 8 heteroatoms. The summed E-state index contributed by atoms with van der Waals surface area (Å²) in [6.45, 7) is 1.58. The van der Waals surface area contributed by atoms with E-state index in [0.29, 0.717) is 0 Å². The highest BCUT2D eigenvalue weighted by atomic mass is 79.9. The topological polar surface area (TPSA) is 82.3 Å². The number of nitro groups is 1. The van der Waals surface area contributed by atoms with Gasteiger partial charge in [0.2, 0.25) is 0 Å². The van der Waals surface area contributed by atoms with Crippen molar-refractivity contribution in [2.75, 3.05) is 7.11 Å². The molecule has 0 spiro atoms. The van der Waals surface area contributed by atoms with Crippen molar-refractivity contribution in [3.05, 3.63) is 231 Å². The fourth-order valence-corrected chi connectivity index (χ4v) is 7.65. The molecule has 9 rings (SSSR count). The average molecular weight is 941 g/mol. The van der Waals surface area contributed by atoms with E-state index < -0.39 is 4.92 Å². The van der Waals surface area contributed by atoms with Crippen molar-refractivity contribution in [2.45, 2.75) is 6.92 Å². The van der Waals surface area contributed by atoms with E-state index >= 15 is 0 Å². The van der Waals surface area contributed by atoms with Gasteiger partial charge in [0.15, 0.2) is 11.5 Å². The largest absolute Gasteiger partial charge is 0.490 e. The lowest BCUT2D eigenvalue weighted by Gasteiger charge is -2.08. The fraction of sp³-hybridized carbons (Fsp3) is 0.0370. The molecule has 0 fully saturated rings. The maximum Gasteiger partial charge on any atom is 0.310 e. The van der Waals surface area contributed by atoms with E-state index in [-0.39, 0.29) is 17.2 Å². The van der Waals surface area contributed by atoms with Crippen LogP contribution in [0, 0.1) is 10.1 Å². The van der Waals surface area contributed by atoms with Gasteiger partial charge >= 0.3 is 5.69 Å². The molecule has 304 valence electrons. The molecule has 0 atom stereocenters. The Morgan fingerprint density at radius 3 is 1.55 bits per heavy atom. The van der Waals surface area contributed by atoms with Crippen LogP contribution in [0.25, 0.3) is 66.7 Å². The number of Topliss-reactive ketones (excluding diaryl/α,β-unsaturated/α-hetero) is 1. The Hall–Kier alpha value is -7.00. The van der Waals surface area contributed by atoms with Crippen LogP contribution in [0.4, 0.5) is 5.69 Å². The Labute approximate surface area is 378 Å². The molecule has 0 radical (unpaired) electrons. The second kappa shape index (κ2) is 20.5. The Balaban J connectivity index is 0.000000150. The molecule has 62 heavy (non-hydrogen) atoms. The molecule has 0 saturated heterocycles. The van der Waals surface area contributed by atoms with Gasteiger partial charge in [-0.05, 0) is 118 Å². The molecule has 1 heterocycles. The summed E-state index contributed by atoms with van der Waals surface area (Å²) in [5, 5.41) is 11.9. The lowest BCUT2D eigenvalue weighted by atomic mass is 10.0. The summed E-state index contributed by atoms with van der Waals surface area (Å²) in [4.78, 5) is 26.5. The Morgan fingerprint density at radius 2 is 0.984 bits per heavy atom. The lowest BCUT2D eigenvalue weighted by Crippen LogP contribution is -1.93. The third-order valence-electron chi connectivity index (χ3n) is 10.0. The maximum absolute atomic E-state index is 11.3. The summed E-state index contributed by atoms with van der Waals surface area (Å²) < 4.78 is 7.15. The van der Waals surface area contributed by atoms with Gasteiger partial charge in [-0.15, -0.1) is 0 Å². The van der Waals surface area contributed by atoms with Gasteiger partial charge in [0.1, 0.15) is 0 Å². The van der Waals surface area contributed by atoms with Crippen LogP contribution in [0.5, 0.6) is 5.75 Å². The number of nitrogens with zero attached hydrogens (tertiary/aromatic N) is 2. The van der Waals surface area contributed by atoms with Crippen LogP contribution in [0.15, 0.2) is 215 Å². The number of aromatic nitrogens is 1. The number of benzene rings is 8. The van der Waals surface area contributed by atoms with E-state index in [2.05, 4.69) is 129 Å². The summed E-state index contributed by atoms with van der Waals surface area (Å²) in [5.41, 5.74) is 12.7. The smallest absolute Gasteiger partial charge is 0.310 e. The Morgan fingerprint density at radius 1 is 0.500 bits per heavy atom. The normalized spacial score (nSPS) is 10.5. The molecule has 8 aromatic carbocycles. The first kappa shape index (κ1) is 43.1. The molecule has 0 aliphatic heterocycles. The number of fused-ring (bicyclic) bond motifs is 1. The SMILES string of the molecule is Brc1cccc(-c2cccc(-c3ccc4cc(-c5ccccc5)ccc4n3)c2)c1.CC(=O)c1cccc(-c2cccc(Br)c2)c1.COc1cc(-c2ccccc2)ccc1[N+](=O)[O-]. The van der Waals surface area contributed by atoms with Crippen molar-refractivity contribution >= 4 is 54.2 Å². The van der Waals surface area contributed by atoms with Crippen LogP contribution < -0.4 is 4.74 Å². The summed E-state index contributed by atoms with van der Waals surface area (Å²) in [6.07, 6.45) is 0. The third kappa shape index (κ3) is 11.0. The van der Waals surface area contributed by atoms with E-state index in [1.165, 1.54) is 35.4 Å². The summed E-state index contributed by atoms with van der Waals surface area (Å²) >= 11 is 7.00. The van der Waals surface area contributed by atoms with Crippen LogP contribution in [-0.4, -0.2) is 22.8 Å². The maximum atomic E-state index is 11.3. The number of carbonyl (C=O) groups excluding carboxylic acids is 1. The van der Waals surface area contributed by atoms with Gasteiger partial charge in [0.25, 0.3) is 0 Å². The van der Waals surface area contributed by atoms with Crippen molar-refractivity contribution in [1.82, 2.24) is 4.98 Å². The van der Waals surface area contributed by atoms with Crippen LogP contribution in [0.3, 0.4) is 0 Å². The molecule has 0 N–H and O–H groups in total. The van der Waals surface area contributed by atoms with Crippen molar-refractivity contribution in [1.29, 1.82) is 0 Å². The molecule has 9 aromatic rings. The fourth-order valence-electron chi connectivity index (χ4n) is 6.85. The highest BCUT2D eigenvalue weighted by molar-refractivity contribution is 9.10. The second-order valence-corrected chi connectivity index (χ2v) is 16.0. The molecule has 1 aromatic heterocycles. The van der Waals surface area contributed by atoms with Crippen molar-refractivity contribution in [3.8, 4) is 61.5 Å². The number of methoxy groups -OCH3 is 1. The van der Waals surface area contributed by atoms with Gasteiger partial charge in [0.05, 0.1) is 23.2 Å². The number of nitro benzene ring substituents is 1. The predicted octanol–water partition coefficient (Wildman–Crippen LogP) is 15.6. The third-order valence-corrected chi connectivity index (χ3v) is 11.0. The summed E-state index contributed by atoms with van der Waals surface area (Å²) in [7, 11) is 1.43. The number of halogens is 2. The Kier molecular flexibility index (Phi) is 14.3. The quantitative estimate of drug-likeness (QED) is 0.0861. The van der Waals surface area contributed by atoms with Gasteiger partial charge in [0, 0.05) is 31.5 Å². The van der Waals surface area contributed by atoms with Crippen molar-refractivity contribution in [3.63, 3.8) is 0 Å². The minimum absolute atomic E-state index is 0.0211. The van der Waals surface area contributed by atoms with E-state index in [1.54, 1.807) is 19.1 Å². The first-order valence-corrected chi connectivity index (χ1v) is 21.3. The number of ether oxygens (including phenoxy) is 1. The zero-order valence-corrected chi connectivity index (χ0v) is 37.1. The molecule has 0 saturated carbocycles. The van der Waals surface area contributed by atoms with Crippen molar-refractivity contribution < 1.29 is 14.5 Å². The van der Waals surface area contributed by atoms with E-state index in [1.807, 2.05) is 91.0 Å². The van der Waals surface area contributed by atoms with Gasteiger partial charge in [-0.1, -0.05) is 165 Å². The lowest BCUT2D eigenvalue weighted by molar-refractivity contribution is -0.385. The molecule has 0 aliphatic carbocycles. The molecular weight excluding hydrogens is 900 g/mol. The summed E-state index contributed by atoms with van der Waals surface area (Å²) in [5.74, 6) is 0.369. The van der Waals surface area contributed by atoms with Gasteiger partial charge < -0.3 is 4.74 Å². The highest BCUT2D eigenvalue weighted by Gasteiger charge is 2.15. The first-order valence-electron chi connectivity index (χ1n) is 19.7. The van der Waals surface area contributed by atoms with Gasteiger partial charge in [-0.2, -0.15) is 0 Å². The van der Waals surface area contributed by atoms with E-state index in [9.17, 15) is 14.9 Å². The molecule has 0 bridgehead atoms. The molecule has 0 unspecified atom stereocenters. The van der Waals surface area contributed by atoms with Gasteiger partial charge in [-0.25, -0.2) is 4.98 Å². The minimum Gasteiger partial charge on any atom is -0.490 e.